The van der Waals surface area contributed by atoms with Crippen molar-refractivity contribution in [2.45, 2.75) is 26.3 Å². The third kappa shape index (κ3) is 2.80. The van der Waals surface area contributed by atoms with Crippen LogP contribution < -0.4 is 10.1 Å². The van der Waals surface area contributed by atoms with E-state index in [1.54, 1.807) is 7.11 Å². The van der Waals surface area contributed by atoms with E-state index in [1.165, 1.54) is 0 Å². The molecule has 0 aliphatic heterocycles. The summed E-state index contributed by atoms with van der Waals surface area (Å²) in [6.07, 6.45) is 0.738. The molecule has 0 amide bonds. The largest absolute Gasteiger partial charge is 0.497 e. The Balaban J connectivity index is 2.08. The molecule has 5 heteroatoms. The lowest BCUT2D eigenvalue weighted by molar-refractivity contribution is 0.414. The summed E-state index contributed by atoms with van der Waals surface area (Å²) >= 11 is 0. The fourth-order valence-corrected chi connectivity index (χ4v) is 1.63. The van der Waals surface area contributed by atoms with Crippen LogP contribution in [0.15, 0.2) is 28.7 Å². The molecule has 0 radical (unpaired) electrons. The quantitative estimate of drug-likeness (QED) is 0.880. The summed E-state index contributed by atoms with van der Waals surface area (Å²) in [6, 6.07) is 8.40. The van der Waals surface area contributed by atoms with Crippen LogP contribution in [0.25, 0.3) is 0 Å². The lowest BCUT2D eigenvalue weighted by Gasteiger charge is -2.13. The fraction of sp³-hybridized carbons (Fsp3) is 0.385. The Morgan fingerprint density at radius 1 is 1.39 bits per heavy atom. The van der Waals surface area contributed by atoms with Crippen LogP contribution in [-0.2, 0) is 6.42 Å². The maximum atomic E-state index is 5.42. The number of benzene rings is 1. The Morgan fingerprint density at radius 3 is 2.89 bits per heavy atom. The Hall–Kier alpha value is -2.04. The van der Waals surface area contributed by atoms with Crippen LogP contribution in [0.1, 0.15) is 31.3 Å². The molecule has 1 N–H and O–H groups in total. The predicted octanol–water partition coefficient (Wildman–Crippen LogP) is 2.81. The van der Waals surface area contributed by atoms with E-state index in [0.717, 1.165) is 17.7 Å². The minimum Gasteiger partial charge on any atom is -0.497 e. The van der Waals surface area contributed by atoms with Crippen molar-refractivity contribution in [2.24, 2.45) is 0 Å². The van der Waals surface area contributed by atoms with Crippen LogP contribution in [0.4, 0.5) is 6.01 Å². The van der Waals surface area contributed by atoms with Crippen molar-refractivity contribution in [2.75, 3.05) is 12.4 Å². The molecule has 0 aliphatic carbocycles. The molecule has 1 atom stereocenters. The summed E-state index contributed by atoms with van der Waals surface area (Å²) in [5, 5.41) is 11.0. The molecule has 0 aliphatic rings. The molecular formula is C13H17N3O2. The van der Waals surface area contributed by atoms with Crippen molar-refractivity contribution in [3.8, 4) is 5.75 Å². The van der Waals surface area contributed by atoms with Crippen molar-refractivity contribution in [3.63, 3.8) is 0 Å². The number of hydrogen-bond donors (Lipinski definition) is 1. The van der Waals surface area contributed by atoms with Crippen molar-refractivity contribution in [1.82, 2.24) is 10.2 Å². The number of ether oxygens (including phenoxy) is 1. The van der Waals surface area contributed by atoms with Gasteiger partial charge in [0.2, 0.25) is 5.89 Å². The molecule has 2 aromatic rings. The van der Waals surface area contributed by atoms with E-state index < -0.39 is 0 Å². The lowest BCUT2D eigenvalue weighted by Crippen LogP contribution is -2.06. The average Bonchev–Trinajstić information content (AvgIpc) is 2.86. The summed E-state index contributed by atoms with van der Waals surface area (Å²) in [7, 11) is 1.66. The van der Waals surface area contributed by atoms with E-state index in [0.29, 0.717) is 11.9 Å². The zero-order valence-electron chi connectivity index (χ0n) is 10.8. The number of rotatable bonds is 5. The van der Waals surface area contributed by atoms with Gasteiger partial charge in [-0.2, -0.15) is 0 Å². The van der Waals surface area contributed by atoms with E-state index in [2.05, 4.69) is 15.5 Å². The van der Waals surface area contributed by atoms with E-state index in [-0.39, 0.29) is 6.04 Å². The molecule has 1 heterocycles. The van der Waals surface area contributed by atoms with E-state index in [1.807, 2.05) is 38.1 Å². The first-order chi connectivity index (χ1) is 8.72. The molecule has 2 rings (SSSR count). The van der Waals surface area contributed by atoms with Gasteiger partial charge in [-0.05, 0) is 24.6 Å². The zero-order valence-corrected chi connectivity index (χ0v) is 10.8. The van der Waals surface area contributed by atoms with Gasteiger partial charge < -0.3 is 14.5 Å². The second-order valence-electron chi connectivity index (χ2n) is 4.00. The van der Waals surface area contributed by atoms with Crippen molar-refractivity contribution >= 4 is 6.01 Å². The Kier molecular flexibility index (Phi) is 3.82. The van der Waals surface area contributed by atoms with Crippen LogP contribution >= 0.6 is 0 Å². The highest BCUT2D eigenvalue weighted by Crippen LogP contribution is 2.22. The Morgan fingerprint density at radius 2 is 2.22 bits per heavy atom. The standard InChI is InChI=1S/C13H17N3O2/c1-4-12-15-16-13(18-12)14-9(2)10-6-5-7-11(8-10)17-3/h5-9H,4H2,1-3H3,(H,14,16)/t9-/m1/s1. The van der Waals surface area contributed by atoms with Crippen molar-refractivity contribution in [1.29, 1.82) is 0 Å². The molecule has 0 spiro atoms. The topological polar surface area (TPSA) is 60.2 Å². The van der Waals surface area contributed by atoms with Gasteiger partial charge >= 0.3 is 6.01 Å². The molecule has 1 aromatic carbocycles. The SMILES string of the molecule is CCc1nnc(N[C@H](C)c2cccc(OC)c2)o1. The van der Waals surface area contributed by atoms with E-state index in [9.17, 15) is 0 Å². The molecule has 0 saturated heterocycles. The van der Waals surface area contributed by atoms with Gasteiger partial charge in [-0.1, -0.05) is 24.2 Å². The van der Waals surface area contributed by atoms with Crippen LogP contribution in [0.5, 0.6) is 5.75 Å². The van der Waals surface area contributed by atoms with Crippen LogP contribution in [0.3, 0.4) is 0 Å². The molecule has 0 saturated carbocycles. The van der Waals surface area contributed by atoms with Gasteiger partial charge in [-0.15, -0.1) is 5.10 Å². The number of methoxy groups -OCH3 is 1. The van der Waals surface area contributed by atoms with Gasteiger partial charge in [-0.3, -0.25) is 0 Å². The fourth-order valence-electron chi connectivity index (χ4n) is 1.63. The van der Waals surface area contributed by atoms with Gasteiger partial charge in [0.15, 0.2) is 0 Å². The normalized spacial score (nSPS) is 12.2. The maximum Gasteiger partial charge on any atom is 0.315 e. The Bertz CT molecular complexity index is 510. The second kappa shape index (κ2) is 5.53. The summed E-state index contributed by atoms with van der Waals surface area (Å²) < 4.78 is 10.6. The molecule has 0 unspecified atom stereocenters. The number of aryl methyl sites for hydroxylation is 1. The number of anilines is 1. The molecule has 5 nitrogen and oxygen atoms in total. The monoisotopic (exact) mass is 247 g/mol. The third-order valence-electron chi connectivity index (χ3n) is 2.70. The van der Waals surface area contributed by atoms with E-state index in [4.69, 9.17) is 9.15 Å². The average molecular weight is 247 g/mol. The summed E-state index contributed by atoms with van der Waals surface area (Å²) in [5.41, 5.74) is 1.10. The minimum absolute atomic E-state index is 0.0743. The summed E-state index contributed by atoms with van der Waals surface area (Å²) in [6.45, 7) is 4.01. The highest BCUT2D eigenvalue weighted by molar-refractivity contribution is 5.34. The highest BCUT2D eigenvalue weighted by Gasteiger charge is 2.10. The number of nitrogens with zero attached hydrogens (tertiary/aromatic N) is 2. The van der Waals surface area contributed by atoms with Gasteiger partial charge in [-0.25, -0.2) is 0 Å². The minimum atomic E-state index is 0.0743. The van der Waals surface area contributed by atoms with Gasteiger partial charge in [0, 0.05) is 6.42 Å². The number of aromatic nitrogens is 2. The molecule has 96 valence electrons. The molecular weight excluding hydrogens is 230 g/mol. The van der Waals surface area contributed by atoms with Crippen molar-refractivity contribution < 1.29 is 9.15 Å². The maximum absolute atomic E-state index is 5.42. The smallest absolute Gasteiger partial charge is 0.315 e. The first-order valence-electron chi connectivity index (χ1n) is 5.95. The van der Waals surface area contributed by atoms with Gasteiger partial charge in [0.25, 0.3) is 0 Å². The van der Waals surface area contributed by atoms with Crippen molar-refractivity contribution in [3.05, 3.63) is 35.7 Å². The molecule has 0 bridgehead atoms. The summed E-state index contributed by atoms with van der Waals surface area (Å²) in [4.78, 5) is 0. The summed E-state index contributed by atoms with van der Waals surface area (Å²) in [5.74, 6) is 1.47. The highest BCUT2D eigenvalue weighted by atomic mass is 16.5. The molecule has 0 fully saturated rings. The molecule has 18 heavy (non-hydrogen) atoms. The first kappa shape index (κ1) is 12.4. The molecule has 1 aromatic heterocycles. The van der Waals surface area contributed by atoms with Gasteiger partial charge in [0.1, 0.15) is 5.75 Å². The number of hydrogen-bond acceptors (Lipinski definition) is 5. The van der Waals surface area contributed by atoms with Gasteiger partial charge in [0.05, 0.1) is 13.2 Å². The van der Waals surface area contributed by atoms with Crippen LogP contribution in [0.2, 0.25) is 0 Å². The number of nitrogens with one attached hydrogen (secondary N) is 1. The van der Waals surface area contributed by atoms with E-state index >= 15 is 0 Å². The Labute approximate surface area is 106 Å². The van der Waals surface area contributed by atoms with Crippen LogP contribution in [0, 0.1) is 0 Å². The predicted molar refractivity (Wildman–Crippen MR) is 68.7 cm³/mol. The first-order valence-corrected chi connectivity index (χ1v) is 5.95. The zero-order chi connectivity index (χ0) is 13.0. The lowest BCUT2D eigenvalue weighted by atomic mass is 10.1. The second-order valence-corrected chi connectivity index (χ2v) is 4.00. The third-order valence-corrected chi connectivity index (χ3v) is 2.70. The van der Waals surface area contributed by atoms with Crippen LogP contribution in [-0.4, -0.2) is 17.3 Å².